The van der Waals surface area contributed by atoms with Crippen molar-refractivity contribution in [3.8, 4) is 11.5 Å². The minimum absolute atomic E-state index is 0.0417. The molecule has 0 spiro atoms. The topological polar surface area (TPSA) is 42.5 Å². The van der Waals surface area contributed by atoms with Crippen molar-refractivity contribution in [2.75, 3.05) is 26.1 Å². The molecular weight excluding hydrogens is 312 g/mol. The molecular formula is C21H28N2O2. The normalized spacial score (nSPS) is 18.6. The number of benzene rings is 2. The summed E-state index contributed by atoms with van der Waals surface area (Å²) in [6, 6.07) is 14.8. The molecule has 1 heterocycles. The fourth-order valence-corrected chi connectivity index (χ4v) is 3.60. The van der Waals surface area contributed by atoms with Gasteiger partial charge in [0.15, 0.2) is 11.5 Å². The van der Waals surface area contributed by atoms with Crippen LogP contribution in [0.4, 0.5) is 5.69 Å². The first kappa shape index (κ1) is 17.6. The van der Waals surface area contributed by atoms with E-state index in [1.807, 2.05) is 6.07 Å². The second kappa shape index (κ2) is 7.36. The fraction of sp³-hybridized carbons (Fsp3) is 0.429. The first-order valence-corrected chi connectivity index (χ1v) is 8.98. The third-order valence-electron chi connectivity index (χ3n) is 5.42. The lowest BCUT2D eigenvalue weighted by Gasteiger charge is -2.35. The van der Waals surface area contributed by atoms with Crippen LogP contribution in [0.1, 0.15) is 43.9 Å². The van der Waals surface area contributed by atoms with Crippen LogP contribution in [0.5, 0.6) is 11.5 Å². The molecule has 0 saturated heterocycles. The number of ether oxygens (including phenoxy) is 2. The number of nitrogens with one attached hydrogen (secondary N) is 2. The number of hydrogen-bond donors (Lipinski definition) is 2. The molecule has 0 saturated carbocycles. The molecule has 1 atom stereocenters. The molecule has 2 N–H and O–H groups in total. The molecule has 134 valence electrons. The van der Waals surface area contributed by atoms with E-state index >= 15 is 0 Å². The van der Waals surface area contributed by atoms with Crippen molar-refractivity contribution in [1.82, 2.24) is 5.32 Å². The fourth-order valence-electron chi connectivity index (χ4n) is 3.60. The van der Waals surface area contributed by atoms with E-state index in [1.54, 1.807) is 14.2 Å². The Labute approximate surface area is 150 Å². The van der Waals surface area contributed by atoms with E-state index < -0.39 is 0 Å². The molecule has 0 aromatic heterocycles. The van der Waals surface area contributed by atoms with E-state index in [2.05, 4.69) is 60.9 Å². The number of methoxy groups -OCH3 is 2. The SMILES string of the molecule is CCC1(CC)CNc2cc(OC)c(OC)cc2C(c2ccccc2)N1. The molecule has 3 rings (SSSR count). The second-order valence-corrected chi connectivity index (χ2v) is 6.62. The van der Waals surface area contributed by atoms with Gasteiger partial charge in [-0.3, -0.25) is 5.32 Å². The van der Waals surface area contributed by atoms with Crippen LogP contribution in [0.25, 0.3) is 0 Å². The summed E-state index contributed by atoms with van der Waals surface area (Å²) >= 11 is 0. The Kier molecular flexibility index (Phi) is 5.19. The predicted molar refractivity (Wildman–Crippen MR) is 103 cm³/mol. The van der Waals surface area contributed by atoms with Gasteiger partial charge >= 0.3 is 0 Å². The largest absolute Gasteiger partial charge is 0.493 e. The molecule has 2 aromatic rings. The van der Waals surface area contributed by atoms with Gasteiger partial charge in [0.05, 0.1) is 20.3 Å². The van der Waals surface area contributed by atoms with Gasteiger partial charge in [-0.1, -0.05) is 44.2 Å². The summed E-state index contributed by atoms with van der Waals surface area (Å²) in [5.74, 6) is 1.51. The Morgan fingerprint density at radius 2 is 1.64 bits per heavy atom. The lowest BCUT2D eigenvalue weighted by molar-refractivity contribution is 0.301. The molecule has 4 heteroatoms. The molecule has 0 amide bonds. The van der Waals surface area contributed by atoms with Crippen LogP contribution in [0.3, 0.4) is 0 Å². The maximum Gasteiger partial charge on any atom is 0.162 e. The molecule has 0 aliphatic carbocycles. The summed E-state index contributed by atoms with van der Waals surface area (Å²) in [6.07, 6.45) is 2.12. The highest BCUT2D eigenvalue weighted by Crippen LogP contribution is 2.41. The summed E-state index contributed by atoms with van der Waals surface area (Å²) in [5, 5.41) is 7.58. The lowest BCUT2D eigenvalue weighted by atomic mass is 9.89. The van der Waals surface area contributed by atoms with Crippen LogP contribution in [-0.4, -0.2) is 26.3 Å². The summed E-state index contributed by atoms with van der Waals surface area (Å²) in [4.78, 5) is 0. The Morgan fingerprint density at radius 3 is 2.24 bits per heavy atom. The van der Waals surface area contributed by atoms with E-state index in [4.69, 9.17) is 9.47 Å². The summed E-state index contributed by atoms with van der Waals surface area (Å²) in [6.45, 7) is 5.38. The van der Waals surface area contributed by atoms with Crippen molar-refractivity contribution in [2.45, 2.75) is 38.3 Å². The maximum absolute atomic E-state index is 5.55. The summed E-state index contributed by atoms with van der Waals surface area (Å²) < 4.78 is 11.1. The van der Waals surface area contributed by atoms with Gasteiger partial charge < -0.3 is 14.8 Å². The highest BCUT2D eigenvalue weighted by Gasteiger charge is 2.34. The van der Waals surface area contributed by atoms with Gasteiger partial charge in [0, 0.05) is 29.4 Å². The minimum atomic E-state index is 0.0417. The van der Waals surface area contributed by atoms with Crippen molar-refractivity contribution >= 4 is 5.69 Å². The lowest BCUT2D eigenvalue weighted by Crippen LogP contribution is -2.49. The maximum atomic E-state index is 5.55. The van der Waals surface area contributed by atoms with E-state index in [0.717, 1.165) is 36.6 Å². The Morgan fingerprint density at radius 1 is 1.00 bits per heavy atom. The van der Waals surface area contributed by atoms with Crippen molar-refractivity contribution in [1.29, 1.82) is 0 Å². The van der Waals surface area contributed by atoms with Crippen LogP contribution in [0.15, 0.2) is 42.5 Å². The van der Waals surface area contributed by atoms with Gasteiger partial charge in [-0.2, -0.15) is 0 Å². The zero-order chi connectivity index (χ0) is 17.9. The van der Waals surface area contributed by atoms with Gasteiger partial charge in [-0.25, -0.2) is 0 Å². The summed E-state index contributed by atoms with van der Waals surface area (Å²) in [5.41, 5.74) is 3.58. The zero-order valence-electron chi connectivity index (χ0n) is 15.6. The number of anilines is 1. The third-order valence-corrected chi connectivity index (χ3v) is 5.42. The monoisotopic (exact) mass is 340 g/mol. The average molecular weight is 340 g/mol. The highest BCUT2D eigenvalue weighted by atomic mass is 16.5. The zero-order valence-corrected chi connectivity index (χ0v) is 15.6. The third kappa shape index (κ3) is 3.31. The first-order chi connectivity index (χ1) is 12.2. The van der Waals surface area contributed by atoms with E-state index in [1.165, 1.54) is 11.1 Å². The second-order valence-electron chi connectivity index (χ2n) is 6.62. The number of fused-ring (bicyclic) bond motifs is 1. The Bertz CT molecular complexity index is 711. The average Bonchev–Trinajstić information content (AvgIpc) is 2.84. The Hall–Kier alpha value is -2.20. The standard InChI is InChI=1S/C21H28N2O2/c1-5-21(6-2)14-22-17-13-19(25-4)18(24-3)12-16(17)20(23-21)15-10-8-7-9-11-15/h7-13,20,22-23H,5-6,14H2,1-4H3. The van der Waals surface area contributed by atoms with Crippen molar-refractivity contribution in [3.63, 3.8) is 0 Å². The highest BCUT2D eigenvalue weighted by molar-refractivity contribution is 5.64. The predicted octanol–water partition coefficient (Wildman–Crippen LogP) is 4.37. The van der Waals surface area contributed by atoms with Crippen molar-refractivity contribution < 1.29 is 9.47 Å². The van der Waals surface area contributed by atoms with E-state index in [0.29, 0.717) is 0 Å². The van der Waals surface area contributed by atoms with Gasteiger partial charge in [0.25, 0.3) is 0 Å². The molecule has 1 aliphatic heterocycles. The summed E-state index contributed by atoms with van der Waals surface area (Å²) in [7, 11) is 3.36. The first-order valence-electron chi connectivity index (χ1n) is 8.98. The van der Waals surface area contributed by atoms with Crippen LogP contribution in [-0.2, 0) is 0 Å². The molecule has 0 fully saturated rings. The molecule has 4 nitrogen and oxygen atoms in total. The van der Waals surface area contributed by atoms with Crippen LogP contribution in [0, 0.1) is 0 Å². The molecule has 25 heavy (non-hydrogen) atoms. The van der Waals surface area contributed by atoms with Crippen molar-refractivity contribution in [2.24, 2.45) is 0 Å². The molecule has 2 aromatic carbocycles. The van der Waals surface area contributed by atoms with Crippen LogP contribution >= 0.6 is 0 Å². The molecule has 0 bridgehead atoms. The number of hydrogen-bond acceptors (Lipinski definition) is 4. The van der Waals surface area contributed by atoms with E-state index in [9.17, 15) is 0 Å². The van der Waals surface area contributed by atoms with Gasteiger partial charge in [0.1, 0.15) is 0 Å². The van der Waals surface area contributed by atoms with Crippen LogP contribution < -0.4 is 20.1 Å². The number of rotatable bonds is 5. The molecule has 0 radical (unpaired) electrons. The minimum Gasteiger partial charge on any atom is -0.493 e. The van der Waals surface area contributed by atoms with Gasteiger partial charge in [-0.05, 0) is 24.5 Å². The Balaban J connectivity index is 2.16. The van der Waals surface area contributed by atoms with Crippen molar-refractivity contribution in [3.05, 3.63) is 53.6 Å². The van der Waals surface area contributed by atoms with Gasteiger partial charge in [0.2, 0.25) is 0 Å². The molecule has 1 unspecified atom stereocenters. The van der Waals surface area contributed by atoms with Crippen LogP contribution in [0.2, 0.25) is 0 Å². The molecule has 1 aliphatic rings. The quantitative estimate of drug-likeness (QED) is 0.848. The van der Waals surface area contributed by atoms with Gasteiger partial charge in [-0.15, -0.1) is 0 Å². The smallest absolute Gasteiger partial charge is 0.162 e. The van der Waals surface area contributed by atoms with E-state index in [-0.39, 0.29) is 11.6 Å².